The number of phosphoric acid groups is 1. The SMILES string of the molecule is O=P(O)(O)O.[H-].[H-].[H-].[H-].[Na+].[Na+].[Na+].[Na+].[O]=[Ti]. The summed E-state index contributed by atoms with van der Waals surface area (Å²) in [6.07, 6.45) is 0. The van der Waals surface area contributed by atoms with Crippen LogP contribution in [-0.2, 0) is 28.3 Å². The van der Waals surface area contributed by atoms with E-state index >= 15 is 0 Å². The summed E-state index contributed by atoms with van der Waals surface area (Å²) in [4.78, 5) is 21.6. The second-order valence-electron chi connectivity index (χ2n) is 0.513. The Kier molecular flexibility index (Phi) is 78.9. The quantitative estimate of drug-likeness (QED) is 0.296. The summed E-state index contributed by atoms with van der Waals surface area (Å²) < 4.78 is 17.1. The molecule has 11 heteroatoms. The van der Waals surface area contributed by atoms with Crippen molar-refractivity contribution in [3.05, 3.63) is 0 Å². The molecule has 0 heterocycles. The van der Waals surface area contributed by atoms with Crippen molar-refractivity contribution in [3.8, 4) is 0 Å². The van der Waals surface area contributed by atoms with Gasteiger partial charge in [-0.25, -0.2) is 4.57 Å². The van der Waals surface area contributed by atoms with Crippen LogP contribution in [-0.4, -0.2) is 14.7 Å². The number of rotatable bonds is 0. The molecule has 0 atom stereocenters. The van der Waals surface area contributed by atoms with Gasteiger partial charge in [0.2, 0.25) is 0 Å². The van der Waals surface area contributed by atoms with E-state index in [2.05, 4.69) is 0 Å². The van der Waals surface area contributed by atoms with Crippen LogP contribution >= 0.6 is 7.82 Å². The van der Waals surface area contributed by atoms with Gasteiger partial charge in [-0.1, -0.05) is 0 Å². The Morgan fingerprint density at radius 1 is 0.909 bits per heavy atom. The molecule has 11 heavy (non-hydrogen) atoms. The van der Waals surface area contributed by atoms with E-state index in [1.807, 2.05) is 0 Å². The fourth-order valence-corrected chi connectivity index (χ4v) is 0. The molecule has 0 saturated carbocycles. The van der Waals surface area contributed by atoms with Crippen LogP contribution in [0.15, 0.2) is 0 Å². The molecule has 0 rings (SSSR count). The van der Waals surface area contributed by atoms with Crippen molar-refractivity contribution in [3.63, 3.8) is 0 Å². The zero-order chi connectivity index (χ0) is 6.50. The van der Waals surface area contributed by atoms with Crippen molar-refractivity contribution in [1.29, 1.82) is 0 Å². The van der Waals surface area contributed by atoms with Gasteiger partial charge in [-0.15, -0.1) is 0 Å². The monoisotopic (exact) mass is 258 g/mol. The molecule has 3 N–H and O–H groups in total. The fraction of sp³-hybridized carbons (Fsp3) is 0. The Bertz CT molecular complexity index is 86.8. The first-order valence-electron chi connectivity index (χ1n) is 0.987. The summed E-state index contributed by atoms with van der Waals surface area (Å²) in [5.74, 6) is 0. The summed E-state index contributed by atoms with van der Waals surface area (Å²) in [6, 6.07) is 0. The molecule has 0 aliphatic carbocycles. The van der Waals surface area contributed by atoms with Gasteiger partial charge in [0, 0.05) is 0 Å². The Morgan fingerprint density at radius 3 is 0.909 bits per heavy atom. The van der Waals surface area contributed by atoms with Gasteiger partial charge in [-0.3, -0.25) is 0 Å². The van der Waals surface area contributed by atoms with Gasteiger partial charge in [0.1, 0.15) is 0 Å². The van der Waals surface area contributed by atoms with Gasteiger partial charge < -0.3 is 20.4 Å². The summed E-state index contributed by atoms with van der Waals surface area (Å²) in [5, 5.41) is 0. The second kappa shape index (κ2) is 24.0. The Labute approximate surface area is 171 Å². The normalized spacial score (nSPS) is 5.64. The number of hydrogen-bond acceptors (Lipinski definition) is 2. The molecule has 0 aromatic heterocycles. The molecular weight excluding hydrogens is 251 g/mol. The predicted molar refractivity (Wildman–Crippen MR) is 19.4 cm³/mol. The molecule has 50 valence electrons. The van der Waals surface area contributed by atoms with Gasteiger partial charge in [0.25, 0.3) is 0 Å². The Morgan fingerprint density at radius 2 is 0.909 bits per heavy atom. The first-order valence-corrected chi connectivity index (χ1v) is 3.19. The molecule has 0 aromatic rings. The van der Waals surface area contributed by atoms with Crippen molar-refractivity contribution in [2.24, 2.45) is 0 Å². The molecule has 0 amide bonds. The van der Waals surface area contributed by atoms with Crippen molar-refractivity contribution in [2.45, 2.75) is 0 Å². The standard InChI is InChI=1S/4Na.H3O4P.O.Ti.4H/c;;;;1-5(2,3)4;;;;;;/h;;;;(H3,1,2,3,4);;;;;;/q4*+1;;;;4*-1. The third kappa shape index (κ3) is 109. The maximum atomic E-state index is 8.88. The molecule has 0 aromatic carbocycles. The van der Waals surface area contributed by atoms with Crippen LogP contribution in [0.25, 0.3) is 0 Å². The van der Waals surface area contributed by atoms with Crippen molar-refractivity contribution in [1.82, 2.24) is 0 Å². The van der Waals surface area contributed by atoms with E-state index in [-0.39, 0.29) is 124 Å². The van der Waals surface area contributed by atoms with E-state index < -0.39 is 7.82 Å². The predicted octanol–water partition coefficient (Wildman–Crippen LogP) is -12.6. The third-order valence-electron chi connectivity index (χ3n) is 0. The van der Waals surface area contributed by atoms with Gasteiger partial charge in [0.15, 0.2) is 0 Å². The van der Waals surface area contributed by atoms with Crippen LogP contribution in [0.4, 0.5) is 0 Å². The van der Waals surface area contributed by atoms with Crippen molar-refractivity contribution >= 4 is 7.82 Å². The van der Waals surface area contributed by atoms with Gasteiger partial charge in [-0.2, -0.15) is 0 Å². The number of hydrogen-bond donors (Lipinski definition) is 3. The average molecular weight is 258 g/mol. The summed E-state index contributed by atoms with van der Waals surface area (Å²) in [5.41, 5.74) is 0. The molecular formula is H7Na4O5PTi. The zero-order valence-corrected chi connectivity index (χ0v) is 17.6. The van der Waals surface area contributed by atoms with Crippen molar-refractivity contribution in [2.75, 3.05) is 0 Å². The third-order valence-corrected chi connectivity index (χ3v) is 0. The first kappa shape index (κ1) is 36.1. The van der Waals surface area contributed by atoms with Crippen molar-refractivity contribution < 1.29 is 167 Å². The van der Waals surface area contributed by atoms with Crippen LogP contribution in [0.3, 0.4) is 0 Å². The summed E-state index contributed by atoms with van der Waals surface area (Å²) in [6.45, 7) is 0. The van der Waals surface area contributed by atoms with Crippen LogP contribution in [0.1, 0.15) is 5.71 Å². The van der Waals surface area contributed by atoms with E-state index in [1.54, 1.807) is 0 Å². The molecule has 0 radical (unpaired) electrons. The molecule has 0 saturated heterocycles. The van der Waals surface area contributed by atoms with E-state index in [9.17, 15) is 0 Å². The molecule has 0 aliphatic rings. The first-order chi connectivity index (χ1) is 3.00. The maximum absolute atomic E-state index is 8.88. The zero-order valence-electron chi connectivity index (χ0n) is 11.1. The minimum absolute atomic E-state index is 0. The van der Waals surface area contributed by atoms with Gasteiger partial charge >= 0.3 is 150 Å². The van der Waals surface area contributed by atoms with E-state index in [0.29, 0.717) is 0 Å². The molecule has 0 unspecified atom stereocenters. The van der Waals surface area contributed by atoms with Gasteiger partial charge in [-0.05, 0) is 0 Å². The summed E-state index contributed by atoms with van der Waals surface area (Å²) in [7, 11) is -4.64. The van der Waals surface area contributed by atoms with Crippen LogP contribution in [0.2, 0.25) is 0 Å². The van der Waals surface area contributed by atoms with Crippen LogP contribution < -0.4 is 118 Å². The van der Waals surface area contributed by atoms with Crippen LogP contribution in [0.5, 0.6) is 0 Å². The van der Waals surface area contributed by atoms with Gasteiger partial charge in [0.05, 0.1) is 0 Å². The van der Waals surface area contributed by atoms with E-state index in [0.717, 1.165) is 20.4 Å². The Hall–Kier alpha value is 4.62. The molecule has 0 spiro atoms. The fourth-order valence-electron chi connectivity index (χ4n) is 0. The minimum atomic E-state index is -4.64. The van der Waals surface area contributed by atoms with E-state index in [1.165, 1.54) is 0 Å². The van der Waals surface area contributed by atoms with E-state index in [4.69, 9.17) is 22.6 Å². The Balaban J connectivity index is -0.00000000298. The summed E-state index contributed by atoms with van der Waals surface area (Å²) >= 11 is 0.750. The van der Waals surface area contributed by atoms with Crippen LogP contribution in [0, 0.1) is 0 Å². The molecule has 0 fully saturated rings. The molecule has 0 bridgehead atoms. The second-order valence-corrected chi connectivity index (χ2v) is 1.54. The molecule has 5 nitrogen and oxygen atoms in total. The topological polar surface area (TPSA) is 94.8 Å². The average Bonchev–Trinajstić information content (AvgIpc) is 1.36. The molecule has 0 aliphatic heterocycles.